The van der Waals surface area contributed by atoms with Gasteiger partial charge in [0.05, 0.1) is 0 Å². The highest BCUT2D eigenvalue weighted by Gasteiger charge is 2.18. The van der Waals surface area contributed by atoms with Crippen LogP contribution in [0.1, 0.15) is 44.5 Å². The molecule has 0 saturated heterocycles. The monoisotopic (exact) mass is 387 g/mol. The smallest absolute Gasteiger partial charge is 0.274 e. The lowest BCUT2D eigenvalue weighted by atomic mass is 10.1. The maximum Gasteiger partial charge on any atom is 0.274 e. The number of pyridine rings is 1. The first-order chi connectivity index (χ1) is 14.0. The second kappa shape index (κ2) is 9.15. The number of carbonyl (C=O) groups excluding carboxylic acids is 2. The van der Waals surface area contributed by atoms with E-state index in [1.807, 2.05) is 69.3 Å². The molecule has 1 heterocycles. The van der Waals surface area contributed by atoms with Crippen LogP contribution in [-0.4, -0.2) is 28.2 Å². The molecule has 2 amide bonds. The van der Waals surface area contributed by atoms with Gasteiger partial charge in [0.25, 0.3) is 11.8 Å². The predicted molar refractivity (Wildman–Crippen MR) is 115 cm³/mol. The summed E-state index contributed by atoms with van der Waals surface area (Å²) in [6, 6.07) is 18.9. The molecule has 0 saturated carbocycles. The van der Waals surface area contributed by atoms with Crippen LogP contribution < -0.4 is 5.32 Å². The van der Waals surface area contributed by atoms with E-state index in [4.69, 9.17) is 0 Å². The Bertz CT molecular complexity index is 995. The van der Waals surface area contributed by atoms with E-state index in [2.05, 4.69) is 10.3 Å². The van der Waals surface area contributed by atoms with E-state index in [1.54, 1.807) is 17.0 Å². The van der Waals surface area contributed by atoms with Gasteiger partial charge in [-0.05, 0) is 49.6 Å². The van der Waals surface area contributed by atoms with E-state index in [-0.39, 0.29) is 17.5 Å². The third-order valence-electron chi connectivity index (χ3n) is 4.84. The molecule has 3 aromatic rings. The summed E-state index contributed by atoms with van der Waals surface area (Å²) in [5.41, 5.74) is 4.45. The zero-order valence-corrected chi connectivity index (χ0v) is 17.0. The van der Waals surface area contributed by atoms with Crippen LogP contribution in [0.25, 0.3) is 0 Å². The summed E-state index contributed by atoms with van der Waals surface area (Å²) in [6.07, 6.45) is 1.50. The molecule has 0 aliphatic rings. The van der Waals surface area contributed by atoms with Crippen molar-refractivity contribution in [2.24, 2.45) is 0 Å². The van der Waals surface area contributed by atoms with E-state index >= 15 is 0 Å². The molecule has 1 aromatic heterocycles. The number of para-hydroxylation sites is 1. The molecule has 5 heteroatoms. The minimum absolute atomic E-state index is 0.125. The Labute approximate surface area is 171 Å². The number of anilines is 1. The molecule has 0 bridgehead atoms. The first-order valence-corrected chi connectivity index (χ1v) is 9.66. The predicted octanol–water partition coefficient (Wildman–Crippen LogP) is 4.61. The molecule has 29 heavy (non-hydrogen) atoms. The highest BCUT2D eigenvalue weighted by molar-refractivity contribution is 6.05. The zero-order chi connectivity index (χ0) is 20.8. The fraction of sp³-hybridized carbons (Fsp3) is 0.208. The molecule has 0 atom stereocenters. The summed E-state index contributed by atoms with van der Waals surface area (Å²) in [7, 11) is 0. The number of aromatic nitrogens is 1. The van der Waals surface area contributed by atoms with Crippen LogP contribution in [0.3, 0.4) is 0 Å². The minimum atomic E-state index is -0.330. The molecule has 0 spiro atoms. The van der Waals surface area contributed by atoms with Crippen LogP contribution in [0.2, 0.25) is 0 Å². The van der Waals surface area contributed by atoms with E-state index in [0.717, 1.165) is 22.4 Å². The van der Waals surface area contributed by atoms with E-state index in [1.165, 1.54) is 6.20 Å². The van der Waals surface area contributed by atoms with Gasteiger partial charge in [0.2, 0.25) is 0 Å². The Morgan fingerprint density at radius 2 is 1.66 bits per heavy atom. The average Bonchev–Trinajstić information content (AvgIpc) is 2.75. The molecule has 0 unspecified atom stereocenters. The highest BCUT2D eigenvalue weighted by Crippen LogP contribution is 2.20. The fourth-order valence-electron chi connectivity index (χ4n) is 3.19. The van der Waals surface area contributed by atoms with E-state index in [0.29, 0.717) is 18.7 Å². The SMILES string of the molecule is CCN(Cc1ccccc1)C(=O)c1ccnc(C(=O)Nc2c(C)cccc2C)c1. The highest BCUT2D eigenvalue weighted by atomic mass is 16.2. The number of nitrogens with one attached hydrogen (secondary N) is 1. The lowest BCUT2D eigenvalue weighted by Crippen LogP contribution is -2.30. The van der Waals surface area contributed by atoms with Gasteiger partial charge in [0, 0.05) is 30.5 Å². The molecule has 0 aliphatic heterocycles. The Kier molecular flexibility index (Phi) is 6.39. The number of aryl methyl sites for hydroxylation is 2. The number of hydrogen-bond acceptors (Lipinski definition) is 3. The zero-order valence-electron chi connectivity index (χ0n) is 17.0. The van der Waals surface area contributed by atoms with Crippen LogP contribution in [-0.2, 0) is 6.54 Å². The quantitative estimate of drug-likeness (QED) is 0.672. The Morgan fingerprint density at radius 3 is 2.31 bits per heavy atom. The largest absolute Gasteiger partial charge is 0.335 e. The number of rotatable bonds is 6. The molecule has 2 aromatic carbocycles. The van der Waals surface area contributed by atoms with Gasteiger partial charge in [-0.1, -0.05) is 48.5 Å². The summed E-state index contributed by atoms with van der Waals surface area (Å²) in [4.78, 5) is 31.6. The summed E-state index contributed by atoms with van der Waals surface area (Å²) in [5.74, 6) is -0.456. The molecule has 3 rings (SSSR count). The van der Waals surface area contributed by atoms with Crippen molar-refractivity contribution in [1.82, 2.24) is 9.88 Å². The molecule has 0 fully saturated rings. The molecule has 0 radical (unpaired) electrons. The molecule has 5 nitrogen and oxygen atoms in total. The lowest BCUT2D eigenvalue weighted by molar-refractivity contribution is 0.0752. The van der Waals surface area contributed by atoms with Crippen molar-refractivity contribution in [3.8, 4) is 0 Å². The van der Waals surface area contributed by atoms with Crippen LogP contribution in [0.15, 0.2) is 66.9 Å². The van der Waals surface area contributed by atoms with Crippen molar-refractivity contribution in [1.29, 1.82) is 0 Å². The van der Waals surface area contributed by atoms with Gasteiger partial charge in [0.15, 0.2) is 0 Å². The van der Waals surface area contributed by atoms with Crippen LogP contribution in [0.5, 0.6) is 0 Å². The molecular formula is C24H25N3O2. The van der Waals surface area contributed by atoms with Gasteiger partial charge in [0.1, 0.15) is 5.69 Å². The van der Waals surface area contributed by atoms with Gasteiger partial charge < -0.3 is 10.2 Å². The standard InChI is InChI=1S/C24H25N3O2/c1-4-27(16-19-11-6-5-7-12-19)24(29)20-13-14-25-21(15-20)23(28)26-22-17(2)9-8-10-18(22)3/h5-15H,4,16H2,1-3H3,(H,26,28). The van der Waals surface area contributed by atoms with Crippen molar-refractivity contribution < 1.29 is 9.59 Å². The van der Waals surface area contributed by atoms with Gasteiger partial charge >= 0.3 is 0 Å². The summed E-state index contributed by atoms with van der Waals surface area (Å²) in [6.45, 7) is 6.91. The van der Waals surface area contributed by atoms with Crippen molar-refractivity contribution >= 4 is 17.5 Å². The Balaban J connectivity index is 1.79. The number of carbonyl (C=O) groups is 2. The van der Waals surface area contributed by atoms with Crippen molar-refractivity contribution in [2.45, 2.75) is 27.3 Å². The topological polar surface area (TPSA) is 62.3 Å². The minimum Gasteiger partial charge on any atom is -0.335 e. The van der Waals surface area contributed by atoms with Crippen LogP contribution in [0.4, 0.5) is 5.69 Å². The first-order valence-electron chi connectivity index (χ1n) is 9.66. The Morgan fingerprint density at radius 1 is 0.966 bits per heavy atom. The van der Waals surface area contributed by atoms with Crippen molar-refractivity contribution in [3.05, 3.63) is 94.8 Å². The van der Waals surface area contributed by atoms with Gasteiger partial charge in [-0.2, -0.15) is 0 Å². The first kappa shape index (κ1) is 20.3. The number of hydrogen-bond donors (Lipinski definition) is 1. The van der Waals surface area contributed by atoms with E-state index in [9.17, 15) is 9.59 Å². The van der Waals surface area contributed by atoms with Gasteiger partial charge in [-0.3, -0.25) is 14.6 Å². The summed E-state index contributed by atoms with van der Waals surface area (Å²) >= 11 is 0. The normalized spacial score (nSPS) is 10.4. The molecular weight excluding hydrogens is 362 g/mol. The van der Waals surface area contributed by atoms with Crippen LogP contribution >= 0.6 is 0 Å². The number of amides is 2. The third-order valence-corrected chi connectivity index (χ3v) is 4.84. The van der Waals surface area contributed by atoms with Crippen LogP contribution in [0, 0.1) is 13.8 Å². The van der Waals surface area contributed by atoms with Crippen molar-refractivity contribution in [3.63, 3.8) is 0 Å². The average molecular weight is 387 g/mol. The summed E-state index contributed by atoms with van der Waals surface area (Å²) < 4.78 is 0. The lowest BCUT2D eigenvalue weighted by Gasteiger charge is -2.21. The van der Waals surface area contributed by atoms with Crippen molar-refractivity contribution in [2.75, 3.05) is 11.9 Å². The second-order valence-electron chi connectivity index (χ2n) is 6.96. The summed E-state index contributed by atoms with van der Waals surface area (Å²) in [5, 5.41) is 2.92. The maximum atomic E-state index is 13.0. The maximum absolute atomic E-state index is 13.0. The second-order valence-corrected chi connectivity index (χ2v) is 6.96. The number of nitrogens with zero attached hydrogens (tertiary/aromatic N) is 2. The molecule has 1 N–H and O–H groups in total. The van der Waals surface area contributed by atoms with Gasteiger partial charge in [-0.15, -0.1) is 0 Å². The van der Waals surface area contributed by atoms with E-state index < -0.39 is 0 Å². The number of benzene rings is 2. The fourth-order valence-corrected chi connectivity index (χ4v) is 3.19. The van der Waals surface area contributed by atoms with Gasteiger partial charge in [-0.25, -0.2) is 0 Å². The molecule has 0 aliphatic carbocycles. The Hall–Kier alpha value is -3.47. The third kappa shape index (κ3) is 4.88. The molecule has 148 valence electrons.